The summed E-state index contributed by atoms with van der Waals surface area (Å²) in [5.41, 5.74) is 3.06. The van der Waals surface area contributed by atoms with Crippen LogP contribution in [-0.4, -0.2) is 49.4 Å². The smallest absolute Gasteiger partial charge is 0.220 e. The molecule has 1 unspecified atom stereocenters. The van der Waals surface area contributed by atoms with Crippen molar-refractivity contribution in [3.05, 3.63) is 71.3 Å². The van der Waals surface area contributed by atoms with Crippen LogP contribution in [0, 0.1) is 0 Å². The van der Waals surface area contributed by atoms with Gasteiger partial charge in [-0.05, 0) is 17.5 Å². The van der Waals surface area contributed by atoms with Crippen LogP contribution in [0.1, 0.15) is 47.3 Å². The average molecular weight is 395 g/mol. The van der Waals surface area contributed by atoms with Gasteiger partial charge >= 0.3 is 0 Å². The van der Waals surface area contributed by atoms with Gasteiger partial charge in [-0.25, -0.2) is 0 Å². The number of rotatable bonds is 9. The molecule has 0 radical (unpaired) electrons. The summed E-state index contributed by atoms with van der Waals surface area (Å²) in [6, 6.07) is 18.0. The number of carbonyl (C=O) groups excluding carboxylic acids is 2. The molecule has 0 spiro atoms. The number of ether oxygens (including phenoxy) is 1. The molecule has 154 valence electrons. The predicted molar refractivity (Wildman–Crippen MR) is 114 cm³/mol. The van der Waals surface area contributed by atoms with Crippen LogP contribution in [0.2, 0.25) is 0 Å². The molecule has 1 saturated heterocycles. The maximum absolute atomic E-state index is 12.4. The minimum atomic E-state index is -0.0854. The Morgan fingerprint density at radius 1 is 1.00 bits per heavy atom. The third-order valence-corrected chi connectivity index (χ3v) is 5.43. The summed E-state index contributed by atoms with van der Waals surface area (Å²) in [6.45, 7) is 5.73. The van der Waals surface area contributed by atoms with E-state index in [9.17, 15) is 9.59 Å². The molecule has 5 nitrogen and oxygen atoms in total. The largest absolute Gasteiger partial charge is 0.379 e. The van der Waals surface area contributed by atoms with Gasteiger partial charge in [-0.3, -0.25) is 14.5 Å². The maximum Gasteiger partial charge on any atom is 0.220 e. The fourth-order valence-electron chi connectivity index (χ4n) is 3.62. The lowest BCUT2D eigenvalue weighted by molar-refractivity contribution is -0.121. The molecule has 2 aromatic rings. The van der Waals surface area contributed by atoms with Crippen molar-refractivity contribution >= 4 is 11.7 Å². The maximum atomic E-state index is 12.4. The number of nitrogens with zero attached hydrogens (tertiary/aromatic N) is 1. The summed E-state index contributed by atoms with van der Waals surface area (Å²) in [5, 5.41) is 3.03. The van der Waals surface area contributed by atoms with Crippen molar-refractivity contribution < 1.29 is 14.3 Å². The first-order valence-electron chi connectivity index (χ1n) is 10.4. The molecule has 5 heteroatoms. The van der Waals surface area contributed by atoms with Crippen LogP contribution in [0.25, 0.3) is 0 Å². The zero-order chi connectivity index (χ0) is 20.5. The van der Waals surface area contributed by atoms with Crippen molar-refractivity contribution in [1.29, 1.82) is 0 Å². The van der Waals surface area contributed by atoms with E-state index in [1.54, 1.807) is 0 Å². The van der Waals surface area contributed by atoms with Gasteiger partial charge in [0.2, 0.25) is 5.91 Å². The molecule has 0 aromatic heterocycles. The minimum absolute atomic E-state index is 0.00981. The second-order valence-corrected chi connectivity index (χ2v) is 7.35. The summed E-state index contributed by atoms with van der Waals surface area (Å²) in [5.74, 6) is -0.0756. The van der Waals surface area contributed by atoms with E-state index in [1.165, 1.54) is 11.1 Å². The third-order valence-electron chi connectivity index (χ3n) is 5.43. The quantitative estimate of drug-likeness (QED) is 0.662. The van der Waals surface area contributed by atoms with E-state index >= 15 is 0 Å². The van der Waals surface area contributed by atoms with Crippen LogP contribution in [0.15, 0.2) is 54.6 Å². The predicted octanol–water partition coefficient (Wildman–Crippen LogP) is 3.40. The van der Waals surface area contributed by atoms with Crippen molar-refractivity contribution in [2.75, 3.05) is 32.8 Å². The summed E-state index contributed by atoms with van der Waals surface area (Å²) < 4.78 is 5.47. The fraction of sp³-hybridized carbons (Fsp3) is 0.417. The van der Waals surface area contributed by atoms with E-state index in [0.29, 0.717) is 25.3 Å². The Hall–Kier alpha value is -2.50. The highest BCUT2D eigenvalue weighted by molar-refractivity contribution is 5.97. The zero-order valence-corrected chi connectivity index (χ0v) is 17.1. The fourth-order valence-corrected chi connectivity index (χ4v) is 3.62. The number of Topliss-reactive ketones (excluding diaryl/α,β-unsaturated/α-hetero) is 1. The Labute approximate surface area is 173 Å². The molecule has 0 saturated carbocycles. The number of hydrogen-bond donors (Lipinski definition) is 1. The van der Waals surface area contributed by atoms with Crippen molar-refractivity contribution in [1.82, 2.24) is 10.2 Å². The summed E-state index contributed by atoms with van der Waals surface area (Å²) in [7, 11) is 0. The standard InChI is InChI=1S/C24H30N2O3/c1-2-19-8-10-21(11-9-19)23(27)12-13-24(28)25-18-22(20-6-4-3-5-7-20)26-14-16-29-17-15-26/h3-11,22H,2,12-18H2,1H3,(H,25,28). The van der Waals surface area contributed by atoms with E-state index in [1.807, 2.05) is 42.5 Å². The Morgan fingerprint density at radius 3 is 2.34 bits per heavy atom. The second kappa shape index (κ2) is 10.9. The lowest BCUT2D eigenvalue weighted by Gasteiger charge is -2.35. The van der Waals surface area contributed by atoms with Gasteiger partial charge in [0.05, 0.1) is 19.3 Å². The number of carbonyl (C=O) groups is 2. The monoisotopic (exact) mass is 394 g/mol. The number of morpholine rings is 1. The van der Waals surface area contributed by atoms with Crippen LogP contribution in [-0.2, 0) is 16.0 Å². The van der Waals surface area contributed by atoms with E-state index in [2.05, 4.69) is 29.3 Å². The lowest BCUT2D eigenvalue weighted by Crippen LogP contribution is -2.43. The number of benzene rings is 2. The first-order chi connectivity index (χ1) is 14.2. The lowest BCUT2D eigenvalue weighted by atomic mass is 10.0. The van der Waals surface area contributed by atoms with E-state index in [4.69, 9.17) is 4.74 Å². The second-order valence-electron chi connectivity index (χ2n) is 7.35. The van der Waals surface area contributed by atoms with Crippen LogP contribution < -0.4 is 5.32 Å². The SMILES string of the molecule is CCc1ccc(C(=O)CCC(=O)NCC(c2ccccc2)N2CCOCC2)cc1. The van der Waals surface area contributed by atoms with Crippen molar-refractivity contribution in [2.24, 2.45) is 0 Å². The molecule has 1 aliphatic heterocycles. The van der Waals surface area contributed by atoms with Gasteiger partial charge in [0.15, 0.2) is 5.78 Å². The molecule has 1 aliphatic rings. The van der Waals surface area contributed by atoms with E-state index in [0.717, 1.165) is 19.5 Å². The van der Waals surface area contributed by atoms with Crippen LogP contribution >= 0.6 is 0 Å². The van der Waals surface area contributed by atoms with Gasteiger partial charge in [0.25, 0.3) is 0 Å². The Bertz CT molecular complexity index is 784. The highest BCUT2D eigenvalue weighted by atomic mass is 16.5. The Balaban J connectivity index is 1.52. The normalized spacial score (nSPS) is 15.6. The average Bonchev–Trinajstić information content (AvgIpc) is 2.79. The van der Waals surface area contributed by atoms with Crippen LogP contribution in [0.5, 0.6) is 0 Å². The van der Waals surface area contributed by atoms with Gasteiger partial charge in [-0.2, -0.15) is 0 Å². The molecule has 1 amide bonds. The first-order valence-corrected chi connectivity index (χ1v) is 10.4. The molecule has 2 aromatic carbocycles. The van der Waals surface area contributed by atoms with Crippen molar-refractivity contribution in [2.45, 2.75) is 32.2 Å². The molecule has 0 aliphatic carbocycles. The highest BCUT2D eigenvalue weighted by Gasteiger charge is 2.23. The number of aryl methyl sites for hydroxylation is 1. The molecule has 1 N–H and O–H groups in total. The molecule has 1 heterocycles. The van der Waals surface area contributed by atoms with Crippen LogP contribution in [0.3, 0.4) is 0 Å². The van der Waals surface area contributed by atoms with Crippen molar-refractivity contribution in [3.63, 3.8) is 0 Å². The Morgan fingerprint density at radius 2 is 1.69 bits per heavy atom. The topological polar surface area (TPSA) is 58.6 Å². The van der Waals surface area contributed by atoms with Gasteiger partial charge < -0.3 is 10.1 Å². The molecule has 3 rings (SSSR count). The minimum Gasteiger partial charge on any atom is -0.379 e. The summed E-state index contributed by atoms with van der Waals surface area (Å²) in [4.78, 5) is 27.1. The molecular weight excluding hydrogens is 364 g/mol. The number of nitrogens with one attached hydrogen (secondary N) is 1. The third kappa shape index (κ3) is 6.24. The van der Waals surface area contributed by atoms with Gasteiger partial charge in [0.1, 0.15) is 0 Å². The molecule has 1 atom stereocenters. The van der Waals surface area contributed by atoms with E-state index < -0.39 is 0 Å². The van der Waals surface area contributed by atoms with Crippen LogP contribution in [0.4, 0.5) is 0 Å². The van der Waals surface area contributed by atoms with Gasteiger partial charge in [-0.1, -0.05) is 61.5 Å². The molecular formula is C24H30N2O3. The molecule has 0 bridgehead atoms. The summed E-state index contributed by atoms with van der Waals surface area (Å²) in [6.07, 6.45) is 1.38. The first kappa shape index (κ1) is 21.2. The number of hydrogen-bond acceptors (Lipinski definition) is 4. The van der Waals surface area contributed by atoms with Crippen molar-refractivity contribution in [3.8, 4) is 0 Å². The zero-order valence-electron chi connectivity index (χ0n) is 17.1. The number of ketones is 1. The Kier molecular flexibility index (Phi) is 7.96. The van der Waals surface area contributed by atoms with E-state index in [-0.39, 0.29) is 30.6 Å². The summed E-state index contributed by atoms with van der Waals surface area (Å²) >= 11 is 0. The highest BCUT2D eigenvalue weighted by Crippen LogP contribution is 2.21. The van der Waals surface area contributed by atoms with Gasteiger partial charge in [0, 0.05) is 38.0 Å². The molecule has 1 fully saturated rings. The number of amides is 1. The van der Waals surface area contributed by atoms with Gasteiger partial charge in [-0.15, -0.1) is 0 Å². The molecule has 29 heavy (non-hydrogen) atoms.